The highest BCUT2D eigenvalue weighted by atomic mass is 32.1. The molecule has 5 heteroatoms. The summed E-state index contributed by atoms with van der Waals surface area (Å²) in [5.74, 6) is 0.727. The monoisotopic (exact) mass is 352 g/mol. The highest BCUT2D eigenvalue weighted by Gasteiger charge is 2.10. The van der Waals surface area contributed by atoms with Crippen molar-refractivity contribution in [3.8, 4) is 16.3 Å². The van der Waals surface area contributed by atoms with Crippen molar-refractivity contribution in [3.63, 3.8) is 0 Å². The highest BCUT2D eigenvalue weighted by molar-refractivity contribution is 7.13. The maximum Gasteiger partial charge on any atom is 0.226 e. The van der Waals surface area contributed by atoms with Gasteiger partial charge in [-0.3, -0.25) is 4.79 Å². The molecular weight excluding hydrogens is 332 g/mol. The maximum absolute atomic E-state index is 12.2. The van der Waals surface area contributed by atoms with Crippen molar-refractivity contribution in [1.82, 2.24) is 10.3 Å². The van der Waals surface area contributed by atoms with Gasteiger partial charge in [0.15, 0.2) is 0 Å². The van der Waals surface area contributed by atoms with Crippen LogP contribution in [0.5, 0.6) is 5.75 Å². The predicted molar refractivity (Wildman–Crippen MR) is 101 cm³/mol. The number of amides is 1. The Morgan fingerprint density at radius 1 is 1.20 bits per heavy atom. The van der Waals surface area contributed by atoms with Crippen molar-refractivity contribution in [2.75, 3.05) is 7.11 Å². The molecule has 0 aliphatic heterocycles. The van der Waals surface area contributed by atoms with E-state index in [9.17, 15) is 4.79 Å². The van der Waals surface area contributed by atoms with Gasteiger partial charge in [-0.1, -0.05) is 42.0 Å². The molecule has 1 heterocycles. The molecule has 0 spiro atoms. The smallest absolute Gasteiger partial charge is 0.226 e. The molecule has 0 radical (unpaired) electrons. The molecule has 3 aromatic rings. The second kappa shape index (κ2) is 7.94. The third-order valence-corrected chi connectivity index (χ3v) is 4.77. The Morgan fingerprint density at radius 3 is 2.84 bits per heavy atom. The first-order chi connectivity index (χ1) is 12.2. The van der Waals surface area contributed by atoms with Crippen molar-refractivity contribution in [3.05, 3.63) is 70.7 Å². The average Bonchev–Trinajstić information content (AvgIpc) is 3.08. The van der Waals surface area contributed by atoms with Gasteiger partial charge in [0.25, 0.3) is 0 Å². The number of nitrogens with zero attached hydrogens (tertiary/aromatic N) is 1. The van der Waals surface area contributed by atoms with Gasteiger partial charge in [-0.25, -0.2) is 4.98 Å². The summed E-state index contributed by atoms with van der Waals surface area (Å²) in [7, 11) is 1.63. The molecule has 0 atom stereocenters. The quantitative estimate of drug-likeness (QED) is 0.730. The zero-order chi connectivity index (χ0) is 17.6. The van der Waals surface area contributed by atoms with Gasteiger partial charge >= 0.3 is 0 Å². The summed E-state index contributed by atoms with van der Waals surface area (Å²) >= 11 is 1.56. The molecule has 0 aliphatic carbocycles. The zero-order valence-corrected chi connectivity index (χ0v) is 15.1. The van der Waals surface area contributed by atoms with Gasteiger partial charge in [-0.15, -0.1) is 11.3 Å². The minimum Gasteiger partial charge on any atom is -0.496 e. The molecule has 25 heavy (non-hydrogen) atoms. The minimum atomic E-state index is -0.0491. The summed E-state index contributed by atoms with van der Waals surface area (Å²) in [6.07, 6.45) is 0.275. The summed E-state index contributed by atoms with van der Waals surface area (Å²) in [5.41, 5.74) is 4.03. The first-order valence-corrected chi connectivity index (χ1v) is 8.93. The van der Waals surface area contributed by atoms with Crippen molar-refractivity contribution in [2.45, 2.75) is 19.9 Å². The largest absolute Gasteiger partial charge is 0.496 e. The van der Waals surface area contributed by atoms with E-state index in [0.717, 1.165) is 27.6 Å². The van der Waals surface area contributed by atoms with Crippen molar-refractivity contribution >= 4 is 17.2 Å². The lowest BCUT2D eigenvalue weighted by Gasteiger charge is -2.09. The SMILES string of the molecule is COc1ccccc1CNC(=O)Cc1csc(-c2cccc(C)c2)n1. The number of para-hydroxylation sites is 1. The number of hydrogen-bond acceptors (Lipinski definition) is 4. The first kappa shape index (κ1) is 17.2. The number of carbonyl (C=O) groups is 1. The lowest BCUT2D eigenvalue weighted by atomic mass is 10.1. The van der Waals surface area contributed by atoms with Crippen LogP contribution in [0.25, 0.3) is 10.6 Å². The van der Waals surface area contributed by atoms with Crippen LogP contribution in [0.15, 0.2) is 53.9 Å². The lowest BCUT2D eigenvalue weighted by molar-refractivity contribution is -0.120. The number of ether oxygens (including phenoxy) is 1. The fourth-order valence-corrected chi connectivity index (χ4v) is 3.39. The molecule has 1 amide bonds. The van der Waals surface area contributed by atoms with Crippen molar-refractivity contribution < 1.29 is 9.53 Å². The van der Waals surface area contributed by atoms with E-state index in [1.54, 1.807) is 18.4 Å². The van der Waals surface area contributed by atoms with E-state index < -0.39 is 0 Å². The molecule has 0 saturated carbocycles. The number of thiazole rings is 1. The van der Waals surface area contributed by atoms with Crippen molar-refractivity contribution in [2.24, 2.45) is 0 Å². The number of rotatable bonds is 6. The van der Waals surface area contributed by atoms with Gasteiger partial charge in [0.2, 0.25) is 5.91 Å². The molecule has 1 N–H and O–H groups in total. The number of hydrogen-bond donors (Lipinski definition) is 1. The Kier molecular flexibility index (Phi) is 5.46. The molecule has 0 aliphatic rings. The van der Waals surface area contributed by atoms with Gasteiger partial charge in [0.1, 0.15) is 10.8 Å². The lowest BCUT2D eigenvalue weighted by Crippen LogP contribution is -2.24. The van der Waals surface area contributed by atoms with Crippen LogP contribution in [0.2, 0.25) is 0 Å². The summed E-state index contributed by atoms with van der Waals surface area (Å²) in [6, 6.07) is 15.9. The van der Waals surface area contributed by atoms with Crippen LogP contribution in [0, 0.1) is 6.92 Å². The van der Waals surface area contributed by atoms with Gasteiger partial charge < -0.3 is 10.1 Å². The third kappa shape index (κ3) is 4.45. The predicted octanol–water partition coefficient (Wildman–Crippen LogP) is 3.99. The number of aryl methyl sites for hydroxylation is 1. The number of benzene rings is 2. The van der Waals surface area contributed by atoms with E-state index in [2.05, 4.69) is 29.4 Å². The normalized spacial score (nSPS) is 10.5. The van der Waals surface area contributed by atoms with Crippen LogP contribution in [0.3, 0.4) is 0 Å². The topological polar surface area (TPSA) is 51.2 Å². The standard InChI is InChI=1S/C20H20N2O2S/c1-14-6-5-8-15(10-14)20-22-17(13-25-20)11-19(23)21-12-16-7-3-4-9-18(16)24-2/h3-10,13H,11-12H2,1-2H3,(H,21,23). The van der Waals surface area contributed by atoms with Gasteiger partial charge in [-0.05, 0) is 19.1 Å². The molecule has 128 valence electrons. The Morgan fingerprint density at radius 2 is 2.04 bits per heavy atom. The molecule has 2 aromatic carbocycles. The maximum atomic E-state index is 12.2. The van der Waals surface area contributed by atoms with E-state index in [4.69, 9.17) is 4.74 Å². The fraction of sp³-hybridized carbons (Fsp3) is 0.200. The van der Waals surface area contributed by atoms with E-state index in [1.165, 1.54) is 5.56 Å². The molecule has 0 bridgehead atoms. The molecule has 0 unspecified atom stereocenters. The zero-order valence-electron chi connectivity index (χ0n) is 14.3. The number of aromatic nitrogens is 1. The summed E-state index contributed by atoms with van der Waals surface area (Å²) < 4.78 is 5.30. The highest BCUT2D eigenvalue weighted by Crippen LogP contribution is 2.24. The van der Waals surface area contributed by atoms with Gasteiger partial charge in [0, 0.05) is 23.1 Å². The van der Waals surface area contributed by atoms with Crippen LogP contribution in [0.4, 0.5) is 0 Å². The van der Waals surface area contributed by atoms with E-state index in [-0.39, 0.29) is 12.3 Å². The Bertz CT molecular complexity index is 873. The van der Waals surface area contributed by atoms with Gasteiger partial charge in [0.05, 0.1) is 19.2 Å². The molecule has 4 nitrogen and oxygen atoms in total. The minimum absolute atomic E-state index is 0.0491. The molecular formula is C20H20N2O2S. The van der Waals surface area contributed by atoms with Crippen LogP contribution in [-0.4, -0.2) is 18.0 Å². The van der Waals surface area contributed by atoms with E-state index in [0.29, 0.717) is 6.54 Å². The molecule has 0 saturated heterocycles. The average molecular weight is 352 g/mol. The van der Waals surface area contributed by atoms with Crippen molar-refractivity contribution in [1.29, 1.82) is 0 Å². The number of nitrogens with one attached hydrogen (secondary N) is 1. The molecule has 1 aromatic heterocycles. The molecule has 0 fully saturated rings. The van der Waals surface area contributed by atoms with Crippen LogP contribution in [0.1, 0.15) is 16.8 Å². The molecule has 3 rings (SSSR count). The van der Waals surface area contributed by atoms with Crippen LogP contribution in [-0.2, 0) is 17.8 Å². The van der Waals surface area contributed by atoms with Crippen LogP contribution >= 0.6 is 11.3 Å². The second-order valence-electron chi connectivity index (χ2n) is 5.78. The summed E-state index contributed by atoms with van der Waals surface area (Å²) in [4.78, 5) is 16.8. The van der Waals surface area contributed by atoms with Gasteiger partial charge in [-0.2, -0.15) is 0 Å². The second-order valence-corrected chi connectivity index (χ2v) is 6.64. The number of carbonyl (C=O) groups excluding carboxylic acids is 1. The Balaban J connectivity index is 1.60. The van der Waals surface area contributed by atoms with E-state index in [1.807, 2.05) is 41.8 Å². The Labute approximate surface area is 151 Å². The van der Waals surface area contributed by atoms with Crippen LogP contribution < -0.4 is 10.1 Å². The number of methoxy groups -OCH3 is 1. The Hall–Kier alpha value is -2.66. The first-order valence-electron chi connectivity index (χ1n) is 8.06. The van der Waals surface area contributed by atoms with E-state index >= 15 is 0 Å². The summed E-state index contributed by atoms with van der Waals surface area (Å²) in [5, 5.41) is 5.81. The fourth-order valence-electron chi connectivity index (χ4n) is 2.57. The third-order valence-electron chi connectivity index (χ3n) is 3.83. The summed E-state index contributed by atoms with van der Waals surface area (Å²) in [6.45, 7) is 2.50.